The number of hydrogen-bond acceptors (Lipinski definition) is 6. The zero-order valence-electron chi connectivity index (χ0n) is 54.4. The number of rotatable bonds is 63. The van der Waals surface area contributed by atoms with Gasteiger partial charge in [-0.1, -0.05) is 316 Å². The second-order valence-corrected chi connectivity index (χ2v) is 23.1. The third-order valence-corrected chi connectivity index (χ3v) is 15.0. The van der Waals surface area contributed by atoms with Crippen LogP contribution in [-0.4, -0.2) is 37.2 Å². The van der Waals surface area contributed by atoms with Crippen LogP contribution in [0.3, 0.4) is 0 Å². The fraction of sp³-hybridized carbons (Fsp3) is 0.701. The molecule has 0 aliphatic rings. The first-order valence-electron chi connectivity index (χ1n) is 35.0. The van der Waals surface area contributed by atoms with Gasteiger partial charge in [-0.2, -0.15) is 0 Å². The topological polar surface area (TPSA) is 78.9 Å². The van der Waals surface area contributed by atoms with Crippen LogP contribution in [0.1, 0.15) is 329 Å². The smallest absolute Gasteiger partial charge is 0.306 e. The first-order chi connectivity index (χ1) is 41.0. The molecule has 0 aliphatic carbocycles. The molecule has 0 amide bonds. The zero-order chi connectivity index (χ0) is 59.9. The fourth-order valence-electron chi connectivity index (χ4n) is 9.73. The van der Waals surface area contributed by atoms with Gasteiger partial charge in [0, 0.05) is 19.3 Å². The molecule has 0 saturated heterocycles. The lowest BCUT2D eigenvalue weighted by molar-refractivity contribution is -0.167. The minimum absolute atomic E-state index is 0.0798. The van der Waals surface area contributed by atoms with Crippen molar-refractivity contribution in [1.82, 2.24) is 0 Å². The van der Waals surface area contributed by atoms with E-state index in [4.69, 9.17) is 14.2 Å². The normalized spacial score (nSPS) is 12.9. The number of carbonyl (C=O) groups excluding carboxylic acids is 3. The van der Waals surface area contributed by atoms with Gasteiger partial charge in [0.1, 0.15) is 13.2 Å². The quantitative estimate of drug-likeness (QED) is 0.0261. The molecular weight excluding hydrogens is 1020 g/mol. The van der Waals surface area contributed by atoms with E-state index in [9.17, 15) is 14.4 Å². The van der Waals surface area contributed by atoms with Crippen molar-refractivity contribution in [3.05, 3.63) is 122 Å². The molecule has 0 aromatic carbocycles. The van der Waals surface area contributed by atoms with E-state index >= 15 is 0 Å². The van der Waals surface area contributed by atoms with E-state index in [1.807, 2.05) is 0 Å². The molecule has 0 rings (SSSR count). The molecule has 83 heavy (non-hydrogen) atoms. The summed E-state index contributed by atoms with van der Waals surface area (Å²) in [7, 11) is 0. The summed E-state index contributed by atoms with van der Waals surface area (Å²) in [5.41, 5.74) is 0. The van der Waals surface area contributed by atoms with Crippen LogP contribution in [0.2, 0.25) is 0 Å². The minimum Gasteiger partial charge on any atom is -0.462 e. The highest BCUT2D eigenvalue weighted by Gasteiger charge is 2.19. The van der Waals surface area contributed by atoms with Crippen molar-refractivity contribution >= 4 is 17.9 Å². The predicted octanol–water partition coefficient (Wildman–Crippen LogP) is 24.3. The lowest BCUT2D eigenvalue weighted by Crippen LogP contribution is -2.30. The Labute approximate surface area is 513 Å². The van der Waals surface area contributed by atoms with Crippen molar-refractivity contribution in [3.8, 4) is 0 Å². The van der Waals surface area contributed by atoms with E-state index in [0.717, 1.165) is 122 Å². The van der Waals surface area contributed by atoms with E-state index < -0.39 is 6.10 Å². The Morgan fingerprint density at radius 1 is 0.253 bits per heavy atom. The van der Waals surface area contributed by atoms with E-state index in [2.05, 4.69) is 142 Å². The largest absolute Gasteiger partial charge is 0.462 e. The number of carbonyl (C=O) groups is 3. The zero-order valence-corrected chi connectivity index (χ0v) is 54.4. The van der Waals surface area contributed by atoms with Crippen LogP contribution in [0, 0.1) is 0 Å². The summed E-state index contributed by atoms with van der Waals surface area (Å²) in [5, 5.41) is 0. The molecule has 0 saturated carbocycles. The molecule has 0 N–H and O–H groups in total. The van der Waals surface area contributed by atoms with E-state index in [-0.39, 0.29) is 31.1 Å². The van der Waals surface area contributed by atoms with Crippen LogP contribution in [0.5, 0.6) is 0 Å². The van der Waals surface area contributed by atoms with Crippen molar-refractivity contribution < 1.29 is 28.6 Å². The van der Waals surface area contributed by atoms with Gasteiger partial charge in [0.15, 0.2) is 6.10 Å². The third-order valence-electron chi connectivity index (χ3n) is 15.0. The van der Waals surface area contributed by atoms with Gasteiger partial charge in [0.05, 0.1) is 0 Å². The molecule has 0 aromatic rings. The minimum atomic E-state index is -0.782. The lowest BCUT2D eigenvalue weighted by Gasteiger charge is -2.18. The summed E-state index contributed by atoms with van der Waals surface area (Å²) in [6.07, 6.45) is 98.2. The highest BCUT2D eigenvalue weighted by molar-refractivity contribution is 5.71. The molecule has 6 heteroatoms. The SMILES string of the molecule is CC/C=C\C/C=C\C/C=C\C/C=C\C/C=C\C/C=C\C/C=C\CCCCCCCCCCCCCCCC(=O)OCC(COC(=O)CCCCCCCCC)OC(=O)CCCCCCCCCC/C=C\C/C=C\C/C=C\CCCCCCC. The number of esters is 3. The summed E-state index contributed by atoms with van der Waals surface area (Å²) in [4.78, 5) is 38.2. The van der Waals surface area contributed by atoms with E-state index in [1.165, 1.54) is 167 Å². The second kappa shape index (κ2) is 70.3. The monoisotopic (exact) mass is 1150 g/mol. The molecular formula is C77H130O6. The maximum atomic E-state index is 12.9. The van der Waals surface area contributed by atoms with Crippen LogP contribution >= 0.6 is 0 Å². The van der Waals surface area contributed by atoms with Gasteiger partial charge >= 0.3 is 17.9 Å². The Morgan fingerprint density at radius 2 is 0.470 bits per heavy atom. The molecule has 0 spiro atoms. The summed E-state index contributed by atoms with van der Waals surface area (Å²) in [6.45, 7) is 6.49. The average Bonchev–Trinajstić information content (AvgIpc) is 3.49. The molecule has 0 radical (unpaired) electrons. The lowest BCUT2D eigenvalue weighted by atomic mass is 10.0. The van der Waals surface area contributed by atoms with Crippen LogP contribution < -0.4 is 0 Å². The standard InChI is InChI=1S/C77H130O6/c1-4-7-10-13-16-18-20-22-24-26-28-30-32-33-34-35-36-37-38-39-40-41-42-43-45-46-48-50-52-54-56-58-61-64-67-70-76(79)82-73-74(72-81-75(78)69-66-63-60-15-12-9-6-3)83-77(80)71-68-65-62-59-57-55-53-51-49-47-44-31-29-27-25-23-21-19-17-14-11-8-5-2/h7,10,16,18,21-24,27-30,33-34,36-37,39-40,44,47,74H,4-6,8-9,11-15,17,19-20,25-26,31-32,35,38,41-43,45-46,48-73H2,1-3H3/b10-7-,18-16-,23-21-,24-22-,29-27-,30-28-,34-33-,37-36-,40-39-,47-44-. The van der Waals surface area contributed by atoms with Crippen LogP contribution in [0.25, 0.3) is 0 Å². The molecule has 474 valence electrons. The molecule has 0 aromatic heterocycles. The second-order valence-electron chi connectivity index (χ2n) is 23.1. The summed E-state index contributed by atoms with van der Waals surface area (Å²) >= 11 is 0. The van der Waals surface area contributed by atoms with Gasteiger partial charge in [0.25, 0.3) is 0 Å². The Bertz CT molecular complexity index is 1700. The van der Waals surface area contributed by atoms with Gasteiger partial charge in [0.2, 0.25) is 0 Å². The Morgan fingerprint density at radius 3 is 0.735 bits per heavy atom. The Balaban J connectivity index is 4.09. The first kappa shape index (κ1) is 78.8. The van der Waals surface area contributed by atoms with Crippen molar-refractivity contribution in [1.29, 1.82) is 0 Å². The van der Waals surface area contributed by atoms with Gasteiger partial charge in [-0.05, 0) is 116 Å². The summed E-state index contributed by atoms with van der Waals surface area (Å²) < 4.78 is 16.9. The van der Waals surface area contributed by atoms with Crippen LogP contribution in [0.4, 0.5) is 0 Å². The summed E-state index contributed by atoms with van der Waals surface area (Å²) in [6, 6.07) is 0. The average molecular weight is 1150 g/mol. The van der Waals surface area contributed by atoms with Crippen molar-refractivity contribution in [3.63, 3.8) is 0 Å². The van der Waals surface area contributed by atoms with E-state index in [0.29, 0.717) is 19.3 Å². The first-order valence-corrected chi connectivity index (χ1v) is 35.0. The van der Waals surface area contributed by atoms with Gasteiger partial charge in [-0.3, -0.25) is 14.4 Å². The number of ether oxygens (including phenoxy) is 3. The van der Waals surface area contributed by atoms with Crippen LogP contribution in [0.15, 0.2) is 122 Å². The molecule has 0 fully saturated rings. The Hall–Kier alpha value is -4.19. The molecule has 1 atom stereocenters. The molecule has 6 nitrogen and oxygen atoms in total. The van der Waals surface area contributed by atoms with Crippen LogP contribution in [-0.2, 0) is 28.6 Å². The van der Waals surface area contributed by atoms with Crippen molar-refractivity contribution in [2.75, 3.05) is 13.2 Å². The van der Waals surface area contributed by atoms with Gasteiger partial charge in [-0.25, -0.2) is 0 Å². The van der Waals surface area contributed by atoms with Gasteiger partial charge < -0.3 is 14.2 Å². The van der Waals surface area contributed by atoms with Crippen molar-refractivity contribution in [2.24, 2.45) is 0 Å². The van der Waals surface area contributed by atoms with E-state index in [1.54, 1.807) is 0 Å². The number of hydrogen-bond donors (Lipinski definition) is 0. The fourth-order valence-corrected chi connectivity index (χ4v) is 9.73. The summed E-state index contributed by atoms with van der Waals surface area (Å²) in [5.74, 6) is -0.886. The molecule has 0 bridgehead atoms. The van der Waals surface area contributed by atoms with Gasteiger partial charge in [-0.15, -0.1) is 0 Å². The Kier molecular flexibility index (Phi) is 66.7. The molecule has 0 aliphatic heterocycles. The predicted molar refractivity (Wildman–Crippen MR) is 362 cm³/mol. The molecule has 1 unspecified atom stereocenters. The number of allylic oxidation sites excluding steroid dienone is 20. The van der Waals surface area contributed by atoms with Crippen molar-refractivity contribution in [2.45, 2.75) is 335 Å². The number of unbranched alkanes of at least 4 members (excludes halogenated alkanes) is 32. The maximum absolute atomic E-state index is 12.9. The maximum Gasteiger partial charge on any atom is 0.306 e. The highest BCUT2D eigenvalue weighted by atomic mass is 16.6. The third kappa shape index (κ3) is 68.5. The highest BCUT2D eigenvalue weighted by Crippen LogP contribution is 2.16. The molecule has 0 heterocycles.